The summed E-state index contributed by atoms with van der Waals surface area (Å²) in [5.41, 5.74) is 1.34. The molecular formula is C90H96N6O24S3. The molecule has 6 fully saturated rings. The van der Waals surface area contributed by atoms with Gasteiger partial charge in [-0.25, -0.2) is 15.0 Å². The number of fused-ring (bicyclic) bond motifs is 3. The van der Waals surface area contributed by atoms with Crippen molar-refractivity contribution in [3.8, 4) is 49.6 Å². The Morgan fingerprint density at radius 2 is 0.675 bits per heavy atom. The van der Waals surface area contributed by atoms with Gasteiger partial charge in [0.1, 0.15) is 85.6 Å². The van der Waals surface area contributed by atoms with Crippen LogP contribution in [-0.2, 0) is 57.2 Å². The van der Waals surface area contributed by atoms with E-state index in [-0.39, 0.29) is 131 Å². The lowest BCUT2D eigenvalue weighted by Gasteiger charge is -2.40. The molecule has 6 aromatic heterocycles. The number of Topliss-reactive ketones (excluding diaryl/α,β-unsaturated/α-hetero) is 3. The van der Waals surface area contributed by atoms with E-state index in [2.05, 4.69) is 15.0 Å². The van der Waals surface area contributed by atoms with Crippen LogP contribution in [0.2, 0.25) is 0 Å². The van der Waals surface area contributed by atoms with Crippen LogP contribution in [0, 0.1) is 54.8 Å². The second kappa shape index (κ2) is 36.3. The summed E-state index contributed by atoms with van der Waals surface area (Å²) in [6.07, 6.45) is 12.6. The molecule has 9 unspecified atom stereocenters. The van der Waals surface area contributed by atoms with Crippen molar-refractivity contribution in [2.45, 2.75) is 154 Å². The standard InChI is InChI=1S/3C30H32N2O8S/c3*1-17-23-25(33)30(10-7-18(15-30)28(34)35)29(36)32(27(23)41-24(17)26-31-11-14-39-26)16-22(40-19-8-12-38-13-9-19)20-5-3-4-6-21(20)37-2/h3*3-6,11,14,18-19,22H,7-10,12-13,15-16H2,1-2H3,(H,34,35). The highest BCUT2D eigenvalue weighted by atomic mass is 32.1. The second-order valence-electron chi connectivity index (χ2n) is 32.6. The van der Waals surface area contributed by atoms with E-state index < -0.39 is 70.2 Å². The first-order valence-corrected chi connectivity index (χ1v) is 43.9. The van der Waals surface area contributed by atoms with Crippen LogP contribution >= 0.6 is 34.0 Å². The minimum absolute atomic E-state index is 0.0281. The lowest BCUT2D eigenvalue weighted by molar-refractivity contribution is -0.143. The van der Waals surface area contributed by atoms with Gasteiger partial charge in [0.15, 0.2) is 17.3 Å². The zero-order valence-corrected chi connectivity index (χ0v) is 71.3. The first-order valence-electron chi connectivity index (χ1n) is 41.5. The first-order chi connectivity index (χ1) is 59.5. The summed E-state index contributed by atoms with van der Waals surface area (Å²) >= 11 is 3.85. The van der Waals surface area contributed by atoms with Crippen LogP contribution in [-0.4, -0.2) is 182 Å². The van der Waals surface area contributed by atoms with Crippen LogP contribution in [0.5, 0.6) is 17.2 Å². The molecule has 648 valence electrons. The fraction of sp³-hybridized carbons (Fsp3) is 0.467. The number of nitrogens with zero attached hydrogens (tertiary/aromatic N) is 6. The number of para-hydroxylation sites is 3. The van der Waals surface area contributed by atoms with E-state index in [0.29, 0.717) is 138 Å². The largest absolute Gasteiger partial charge is 0.496 e. The smallest absolute Gasteiger partial charge is 0.306 e. The Balaban J connectivity index is 0.000000137. The summed E-state index contributed by atoms with van der Waals surface area (Å²) in [6, 6.07) is 22.7. The van der Waals surface area contributed by atoms with Crippen LogP contribution in [0.25, 0.3) is 32.3 Å². The summed E-state index contributed by atoms with van der Waals surface area (Å²) in [5.74, 6) is -4.35. The van der Waals surface area contributed by atoms with Crippen molar-refractivity contribution in [3.63, 3.8) is 0 Å². The number of aromatic nitrogens is 3. The highest BCUT2D eigenvalue weighted by Crippen LogP contribution is 2.60. The van der Waals surface area contributed by atoms with Gasteiger partial charge in [0.25, 0.3) is 0 Å². The van der Waals surface area contributed by atoms with E-state index in [4.69, 9.17) is 55.9 Å². The number of hydrogen-bond donors (Lipinski definition) is 3. The van der Waals surface area contributed by atoms with Crippen molar-refractivity contribution in [1.29, 1.82) is 0 Å². The zero-order valence-electron chi connectivity index (χ0n) is 68.9. The molecule has 3 saturated heterocycles. The third-order valence-corrected chi connectivity index (χ3v) is 29.5. The van der Waals surface area contributed by atoms with Gasteiger partial charge < -0.3 is 71.2 Å². The summed E-state index contributed by atoms with van der Waals surface area (Å²) in [4.78, 5) is 142. The van der Waals surface area contributed by atoms with Crippen molar-refractivity contribution < 1.29 is 114 Å². The summed E-state index contributed by atoms with van der Waals surface area (Å²) in [5, 5.41) is 30.9. The normalized spacial score (nSPS) is 23.7. The topological polar surface area (TPSA) is 385 Å². The van der Waals surface area contributed by atoms with Gasteiger partial charge in [0.05, 0.1) is 127 Å². The van der Waals surface area contributed by atoms with E-state index in [1.807, 2.05) is 93.6 Å². The number of rotatable bonds is 24. The van der Waals surface area contributed by atoms with Crippen LogP contribution < -0.4 is 28.9 Å². The van der Waals surface area contributed by atoms with Gasteiger partial charge in [-0.3, -0.25) is 57.9 Å². The molecule has 0 bridgehead atoms. The number of aliphatic carboxylic acids is 3. The Kier molecular flexibility index (Phi) is 25.3. The Bertz CT molecular complexity index is 4910. The fourth-order valence-corrected chi connectivity index (χ4v) is 22.8. The minimum atomic E-state index is -1.44. The number of oxazole rings is 3. The highest BCUT2D eigenvalue weighted by molar-refractivity contribution is 7.21. The number of methoxy groups -OCH3 is 3. The number of carboxylic acid groups (broad SMARTS) is 3. The summed E-state index contributed by atoms with van der Waals surface area (Å²) in [6.45, 7) is 9.41. The Morgan fingerprint density at radius 1 is 0.415 bits per heavy atom. The van der Waals surface area contributed by atoms with Gasteiger partial charge in [-0.05, 0) is 152 Å². The molecule has 30 nitrogen and oxygen atoms in total. The third-order valence-electron chi connectivity index (χ3n) is 25.6. The van der Waals surface area contributed by atoms with Gasteiger partial charge in [0, 0.05) is 56.3 Å². The molecule has 3 amide bonds. The molecule has 33 heteroatoms. The van der Waals surface area contributed by atoms with Crippen molar-refractivity contribution in [2.24, 2.45) is 34.0 Å². The fourth-order valence-electron chi connectivity index (χ4n) is 19.1. The van der Waals surface area contributed by atoms with Crippen molar-refractivity contribution in [2.75, 3.05) is 95.3 Å². The predicted molar refractivity (Wildman–Crippen MR) is 448 cm³/mol. The minimum Gasteiger partial charge on any atom is -0.496 e. The molecule has 3 spiro atoms. The van der Waals surface area contributed by atoms with Gasteiger partial charge in [-0.15, -0.1) is 34.0 Å². The number of hydrogen-bond acceptors (Lipinski definition) is 27. The van der Waals surface area contributed by atoms with Crippen LogP contribution in [0.1, 0.15) is 179 Å². The molecule has 9 atom stereocenters. The first kappa shape index (κ1) is 85.9. The lowest BCUT2D eigenvalue weighted by Crippen LogP contribution is -2.53. The number of carboxylic acids is 3. The van der Waals surface area contributed by atoms with Crippen molar-refractivity contribution in [3.05, 3.63) is 160 Å². The molecule has 3 N–H and O–H groups in total. The average Bonchev–Trinajstić information content (AvgIpc) is 1.58. The number of ketones is 3. The van der Waals surface area contributed by atoms with Gasteiger partial charge in [-0.1, -0.05) is 54.6 Å². The van der Waals surface area contributed by atoms with E-state index in [1.165, 1.54) is 71.4 Å². The quantitative estimate of drug-likeness (QED) is 0.0473. The zero-order chi connectivity index (χ0) is 86.2. The SMILES string of the molecule is COc1ccccc1C(CN1C(=O)C2(CCC(C(=O)O)C2)C(=O)c2c1sc(-c1ncco1)c2C)OC1CCOCC1.COc1ccccc1C(CN1C(=O)C2(CCC(C(=O)O)C2)C(=O)c2c1sc(-c1ncco1)c2C)OC1CCOCC1.COc1ccccc1C(CN1C(=O)C2(CCC(C(=O)O)C2)C(=O)c2c1sc(-c1ncco1)c2C)OC1CCOCC1. The van der Waals surface area contributed by atoms with Gasteiger partial charge >= 0.3 is 17.9 Å². The number of carbonyl (C=O) groups excluding carboxylic acids is 6. The molecule has 3 saturated carbocycles. The number of ether oxygens (including phenoxy) is 9. The molecule has 9 aliphatic rings. The maximum Gasteiger partial charge on any atom is 0.306 e. The Hall–Kier alpha value is -10.6. The molecule has 12 heterocycles. The monoisotopic (exact) mass is 1740 g/mol. The van der Waals surface area contributed by atoms with Crippen LogP contribution in [0.4, 0.5) is 15.0 Å². The maximum absolute atomic E-state index is 14.5. The Labute approximate surface area is 720 Å². The number of benzene rings is 3. The van der Waals surface area contributed by atoms with E-state index in [9.17, 15) is 58.5 Å². The van der Waals surface area contributed by atoms with E-state index >= 15 is 0 Å². The molecule has 3 aliphatic carbocycles. The highest BCUT2D eigenvalue weighted by Gasteiger charge is 2.63. The second-order valence-corrected chi connectivity index (χ2v) is 35.6. The molecule has 6 aliphatic heterocycles. The molecule has 3 aromatic carbocycles. The van der Waals surface area contributed by atoms with Crippen LogP contribution in [0.15, 0.2) is 123 Å². The van der Waals surface area contributed by atoms with Gasteiger partial charge in [0.2, 0.25) is 35.4 Å². The predicted octanol–water partition coefficient (Wildman–Crippen LogP) is 15.2. The third kappa shape index (κ3) is 16.2. The van der Waals surface area contributed by atoms with Crippen LogP contribution in [0.3, 0.4) is 0 Å². The number of carbonyl (C=O) groups is 9. The summed E-state index contributed by atoms with van der Waals surface area (Å²) in [7, 11) is 4.79. The Morgan fingerprint density at radius 3 is 0.902 bits per heavy atom. The number of amides is 3. The molecule has 9 aromatic rings. The number of anilines is 3. The average molecular weight is 1740 g/mol. The number of thiophene rings is 3. The molecule has 123 heavy (non-hydrogen) atoms. The van der Waals surface area contributed by atoms with Gasteiger partial charge in [-0.2, -0.15) is 0 Å². The van der Waals surface area contributed by atoms with Crippen molar-refractivity contribution >= 4 is 102 Å². The summed E-state index contributed by atoms with van der Waals surface area (Å²) < 4.78 is 70.4. The molecule has 0 radical (unpaired) electrons. The maximum atomic E-state index is 14.5. The van der Waals surface area contributed by atoms with Crippen molar-refractivity contribution in [1.82, 2.24) is 15.0 Å². The van der Waals surface area contributed by atoms with E-state index in [1.54, 1.807) is 36.0 Å². The molecule has 18 rings (SSSR count). The van der Waals surface area contributed by atoms with E-state index in [0.717, 1.165) is 55.2 Å². The molecular weight excluding hydrogens is 1650 g/mol. The lowest BCUT2D eigenvalue weighted by atomic mass is 9.74.